The average Bonchev–Trinajstić information content (AvgIpc) is 2.43. The molecular weight excluding hydrogens is 240 g/mol. The van der Waals surface area contributed by atoms with E-state index in [1.165, 1.54) is 5.56 Å². The van der Waals surface area contributed by atoms with Crippen molar-refractivity contribution in [2.24, 2.45) is 10.9 Å². The van der Waals surface area contributed by atoms with Crippen LogP contribution in [0.5, 0.6) is 0 Å². The van der Waals surface area contributed by atoms with Gasteiger partial charge in [-0.1, -0.05) is 35.0 Å². The van der Waals surface area contributed by atoms with Crippen molar-refractivity contribution in [3.63, 3.8) is 0 Å². The molecule has 0 aliphatic heterocycles. The minimum absolute atomic E-state index is 0.452. The molecule has 0 spiro atoms. The first-order valence-electron chi connectivity index (χ1n) is 6.72. The first-order chi connectivity index (χ1) is 9.27. The molecule has 0 amide bonds. The van der Waals surface area contributed by atoms with Crippen LogP contribution in [-0.2, 0) is 9.57 Å². The van der Waals surface area contributed by atoms with E-state index < -0.39 is 0 Å². The van der Waals surface area contributed by atoms with E-state index in [9.17, 15) is 0 Å². The van der Waals surface area contributed by atoms with E-state index in [2.05, 4.69) is 36.3 Å². The summed E-state index contributed by atoms with van der Waals surface area (Å²) in [6.45, 7) is 3.79. The molecule has 0 aromatic heterocycles. The van der Waals surface area contributed by atoms with Gasteiger partial charge in [-0.2, -0.15) is 0 Å². The van der Waals surface area contributed by atoms with Crippen molar-refractivity contribution in [3.8, 4) is 0 Å². The molecule has 1 rings (SSSR count). The lowest BCUT2D eigenvalue weighted by Crippen LogP contribution is -2.08. The van der Waals surface area contributed by atoms with Crippen molar-refractivity contribution in [1.29, 1.82) is 0 Å². The fourth-order valence-corrected chi connectivity index (χ4v) is 1.70. The molecule has 1 aromatic rings. The molecule has 19 heavy (non-hydrogen) atoms. The van der Waals surface area contributed by atoms with Gasteiger partial charge < -0.3 is 15.3 Å². The highest BCUT2D eigenvalue weighted by Gasteiger charge is 2.04. The number of nitrogens with two attached hydrogens (primary N) is 1. The van der Waals surface area contributed by atoms with Crippen LogP contribution in [-0.4, -0.2) is 32.6 Å². The second-order valence-electron chi connectivity index (χ2n) is 4.48. The van der Waals surface area contributed by atoms with E-state index in [1.807, 2.05) is 0 Å². The molecule has 0 unspecified atom stereocenters. The number of aryl methyl sites for hydroxylation is 1. The SMILES string of the molecule is COCCCC/C(=N\OCCN)c1ccc(C)cc1. The Morgan fingerprint density at radius 1 is 1.16 bits per heavy atom. The van der Waals surface area contributed by atoms with Crippen molar-refractivity contribution in [2.75, 3.05) is 26.9 Å². The van der Waals surface area contributed by atoms with Gasteiger partial charge in [0.2, 0.25) is 0 Å². The lowest BCUT2D eigenvalue weighted by Gasteiger charge is -2.07. The van der Waals surface area contributed by atoms with Gasteiger partial charge in [-0.3, -0.25) is 0 Å². The zero-order valence-corrected chi connectivity index (χ0v) is 11.9. The van der Waals surface area contributed by atoms with E-state index in [4.69, 9.17) is 15.3 Å². The zero-order valence-electron chi connectivity index (χ0n) is 11.9. The molecule has 0 aliphatic rings. The molecule has 0 atom stereocenters. The summed E-state index contributed by atoms with van der Waals surface area (Å²) in [5.74, 6) is 0. The van der Waals surface area contributed by atoms with Crippen LogP contribution >= 0.6 is 0 Å². The van der Waals surface area contributed by atoms with Gasteiger partial charge in [0.15, 0.2) is 0 Å². The summed E-state index contributed by atoms with van der Waals surface area (Å²) in [4.78, 5) is 5.22. The van der Waals surface area contributed by atoms with Crippen LogP contribution in [0.3, 0.4) is 0 Å². The highest BCUT2D eigenvalue weighted by molar-refractivity contribution is 6.00. The molecule has 0 saturated heterocycles. The van der Waals surface area contributed by atoms with Gasteiger partial charge >= 0.3 is 0 Å². The van der Waals surface area contributed by atoms with Crippen LogP contribution in [0.25, 0.3) is 0 Å². The first kappa shape index (κ1) is 15.7. The van der Waals surface area contributed by atoms with Crippen LogP contribution in [0, 0.1) is 6.92 Å². The molecule has 4 nitrogen and oxygen atoms in total. The molecule has 2 N–H and O–H groups in total. The molecule has 4 heteroatoms. The maximum Gasteiger partial charge on any atom is 0.129 e. The molecule has 0 heterocycles. The quantitative estimate of drug-likeness (QED) is 0.423. The van der Waals surface area contributed by atoms with Crippen LogP contribution in [0.4, 0.5) is 0 Å². The van der Waals surface area contributed by atoms with Crippen LogP contribution in [0.1, 0.15) is 30.4 Å². The van der Waals surface area contributed by atoms with E-state index in [0.29, 0.717) is 13.2 Å². The maximum atomic E-state index is 5.40. The lowest BCUT2D eigenvalue weighted by molar-refractivity contribution is 0.151. The predicted molar refractivity (Wildman–Crippen MR) is 78.4 cm³/mol. The van der Waals surface area contributed by atoms with Crippen LogP contribution in [0.15, 0.2) is 29.4 Å². The number of hydrogen-bond acceptors (Lipinski definition) is 4. The molecular formula is C15H24N2O2. The first-order valence-corrected chi connectivity index (χ1v) is 6.72. The van der Waals surface area contributed by atoms with E-state index in [-0.39, 0.29) is 0 Å². The van der Waals surface area contributed by atoms with E-state index in [1.54, 1.807) is 7.11 Å². The predicted octanol–water partition coefficient (Wildman–Crippen LogP) is 2.49. The molecule has 0 fully saturated rings. The third-order valence-electron chi connectivity index (χ3n) is 2.78. The molecule has 0 bridgehead atoms. The molecule has 0 radical (unpaired) electrons. The fraction of sp³-hybridized carbons (Fsp3) is 0.533. The van der Waals surface area contributed by atoms with Crippen molar-refractivity contribution in [1.82, 2.24) is 0 Å². The minimum Gasteiger partial charge on any atom is -0.394 e. The Morgan fingerprint density at radius 3 is 2.53 bits per heavy atom. The summed E-state index contributed by atoms with van der Waals surface area (Å²) in [5, 5.41) is 4.21. The zero-order chi connectivity index (χ0) is 13.9. The standard InChI is InChI=1S/C15H24N2O2/c1-13-6-8-14(9-7-13)15(17-19-12-10-16)5-3-4-11-18-2/h6-9H,3-5,10-12,16H2,1-2H3/b17-15+. The maximum absolute atomic E-state index is 5.40. The van der Waals surface area contributed by atoms with Crippen molar-refractivity contribution < 1.29 is 9.57 Å². The number of rotatable bonds is 9. The Labute approximate surface area is 115 Å². The number of benzene rings is 1. The molecule has 106 valence electrons. The van der Waals surface area contributed by atoms with E-state index in [0.717, 1.165) is 37.1 Å². The number of ether oxygens (including phenoxy) is 1. The van der Waals surface area contributed by atoms with Gasteiger partial charge in [0.25, 0.3) is 0 Å². The summed E-state index contributed by atoms with van der Waals surface area (Å²) < 4.78 is 5.06. The average molecular weight is 264 g/mol. The fourth-order valence-electron chi connectivity index (χ4n) is 1.70. The van der Waals surface area contributed by atoms with Gasteiger partial charge in [0.05, 0.1) is 5.71 Å². The van der Waals surface area contributed by atoms with Crippen molar-refractivity contribution >= 4 is 5.71 Å². The molecule has 0 saturated carbocycles. The third kappa shape index (κ3) is 6.36. The lowest BCUT2D eigenvalue weighted by atomic mass is 10.0. The minimum atomic E-state index is 0.452. The Hall–Kier alpha value is -1.39. The van der Waals surface area contributed by atoms with Crippen LogP contribution in [0.2, 0.25) is 0 Å². The van der Waals surface area contributed by atoms with Crippen molar-refractivity contribution in [2.45, 2.75) is 26.2 Å². The second-order valence-corrected chi connectivity index (χ2v) is 4.48. The van der Waals surface area contributed by atoms with Gasteiger partial charge in [-0.05, 0) is 31.7 Å². The summed E-state index contributed by atoms with van der Waals surface area (Å²) >= 11 is 0. The largest absolute Gasteiger partial charge is 0.394 e. The highest BCUT2D eigenvalue weighted by Crippen LogP contribution is 2.10. The Balaban J connectivity index is 2.62. The summed E-state index contributed by atoms with van der Waals surface area (Å²) in [6, 6.07) is 8.33. The number of methoxy groups -OCH3 is 1. The number of oxime groups is 1. The summed E-state index contributed by atoms with van der Waals surface area (Å²) in [5.41, 5.74) is 8.73. The Bertz CT molecular complexity index is 374. The monoisotopic (exact) mass is 264 g/mol. The highest BCUT2D eigenvalue weighted by atomic mass is 16.6. The number of unbranched alkanes of at least 4 members (excludes halogenated alkanes) is 1. The van der Waals surface area contributed by atoms with Gasteiger partial charge in [0, 0.05) is 20.3 Å². The third-order valence-corrected chi connectivity index (χ3v) is 2.78. The molecule has 1 aromatic carbocycles. The van der Waals surface area contributed by atoms with E-state index >= 15 is 0 Å². The topological polar surface area (TPSA) is 56.8 Å². The summed E-state index contributed by atoms with van der Waals surface area (Å²) in [7, 11) is 1.72. The van der Waals surface area contributed by atoms with Crippen molar-refractivity contribution in [3.05, 3.63) is 35.4 Å². The Morgan fingerprint density at radius 2 is 1.89 bits per heavy atom. The summed E-state index contributed by atoms with van der Waals surface area (Å²) in [6.07, 6.45) is 2.95. The second kappa shape index (κ2) is 9.53. The van der Waals surface area contributed by atoms with Crippen LogP contribution < -0.4 is 5.73 Å². The van der Waals surface area contributed by atoms with Gasteiger partial charge in [-0.25, -0.2) is 0 Å². The number of nitrogens with zero attached hydrogens (tertiary/aromatic N) is 1. The van der Waals surface area contributed by atoms with Gasteiger partial charge in [-0.15, -0.1) is 0 Å². The van der Waals surface area contributed by atoms with Gasteiger partial charge in [0.1, 0.15) is 6.61 Å². The smallest absolute Gasteiger partial charge is 0.129 e. The molecule has 0 aliphatic carbocycles. The Kier molecular flexibility index (Phi) is 7.86. The normalized spacial score (nSPS) is 11.6. The number of hydrogen-bond donors (Lipinski definition) is 1.